The van der Waals surface area contributed by atoms with Crippen LogP contribution in [0.4, 0.5) is 11.4 Å². The minimum Gasteiger partial charge on any atom is -1.00 e. The van der Waals surface area contributed by atoms with Crippen LogP contribution in [0, 0.1) is 0 Å². The highest BCUT2D eigenvalue weighted by molar-refractivity contribution is 5.93. The fraction of sp³-hybridized carbons (Fsp3) is 0.333. The summed E-state index contributed by atoms with van der Waals surface area (Å²) in [6.45, 7) is 7.60. The molecule has 0 bridgehead atoms. The summed E-state index contributed by atoms with van der Waals surface area (Å²) in [6, 6.07) is 18.2. The molecule has 4 heteroatoms. The predicted octanol–water partition coefficient (Wildman–Crippen LogP) is 1.51. The van der Waals surface area contributed by atoms with Crippen LogP contribution in [-0.4, -0.2) is 22.7 Å². The minimum atomic E-state index is 0. The molecule has 0 aromatic heterocycles. The summed E-state index contributed by atoms with van der Waals surface area (Å²) in [6.07, 6.45) is 1.36. The van der Waals surface area contributed by atoms with Gasteiger partial charge in [-0.25, -0.2) is 0 Å². The van der Waals surface area contributed by atoms with Gasteiger partial charge in [0.05, 0.1) is 5.41 Å². The Hall–Kier alpha value is -1.94. The van der Waals surface area contributed by atoms with E-state index in [1.165, 1.54) is 17.0 Å². The summed E-state index contributed by atoms with van der Waals surface area (Å²) in [4.78, 5) is 12.1. The molecule has 3 nitrogen and oxygen atoms in total. The van der Waals surface area contributed by atoms with Gasteiger partial charge >= 0.3 is 0 Å². The van der Waals surface area contributed by atoms with Crippen LogP contribution in [0.15, 0.2) is 54.6 Å². The Morgan fingerprint density at radius 3 is 2.40 bits per heavy atom. The second-order valence-electron chi connectivity index (χ2n) is 6.90. The lowest BCUT2D eigenvalue weighted by atomic mass is 9.82. The molecule has 1 N–H and O–H groups in total. The molecule has 0 unspecified atom stereocenters. The molecule has 2 aromatic carbocycles. The Labute approximate surface area is 160 Å². The molecule has 0 saturated carbocycles. The largest absolute Gasteiger partial charge is 1.00 e. The maximum absolute atomic E-state index is 12.1. The van der Waals surface area contributed by atoms with Gasteiger partial charge < -0.3 is 22.3 Å². The molecular formula is C21H25BrN2O. The first kappa shape index (κ1) is 19.4. The Morgan fingerprint density at radius 2 is 1.68 bits per heavy atom. The van der Waals surface area contributed by atoms with Crippen LogP contribution in [0.25, 0.3) is 0 Å². The Morgan fingerprint density at radius 1 is 1.04 bits per heavy atom. The molecule has 25 heavy (non-hydrogen) atoms. The monoisotopic (exact) mass is 400 g/mol. The number of fused-ring (bicyclic) bond motifs is 1. The van der Waals surface area contributed by atoms with Gasteiger partial charge in [0.15, 0.2) is 5.71 Å². The van der Waals surface area contributed by atoms with E-state index in [1.807, 2.05) is 30.3 Å². The molecule has 0 spiro atoms. The molecule has 0 radical (unpaired) electrons. The van der Waals surface area contributed by atoms with Gasteiger partial charge in [-0.3, -0.25) is 4.79 Å². The molecular weight excluding hydrogens is 376 g/mol. The zero-order valence-electron chi connectivity index (χ0n) is 15.1. The summed E-state index contributed by atoms with van der Waals surface area (Å²) in [5.74, 6) is 0.0746. The first-order valence-corrected chi connectivity index (χ1v) is 8.56. The number of carbonyl (C=O) groups excluding carboxylic acids is 1. The van der Waals surface area contributed by atoms with Crippen molar-refractivity contribution in [1.82, 2.24) is 0 Å². The highest BCUT2D eigenvalue weighted by Crippen LogP contribution is 2.39. The number of amides is 1. The van der Waals surface area contributed by atoms with E-state index < -0.39 is 0 Å². The van der Waals surface area contributed by atoms with Crippen molar-refractivity contribution in [3.05, 3.63) is 60.2 Å². The second kappa shape index (κ2) is 7.96. The van der Waals surface area contributed by atoms with Crippen molar-refractivity contribution in [1.29, 1.82) is 0 Å². The third-order valence-electron chi connectivity index (χ3n) is 5.02. The quantitative estimate of drug-likeness (QED) is 0.757. The lowest BCUT2D eigenvalue weighted by Gasteiger charge is -2.14. The van der Waals surface area contributed by atoms with Crippen LogP contribution in [0.5, 0.6) is 0 Å². The normalized spacial score (nSPS) is 14.7. The van der Waals surface area contributed by atoms with Gasteiger partial charge in [0, 0.05) is 37.1 Å². The fourth-order valence-electron chi connectivity index (χ4n) is 3.38. The predicted molar refractivity (Wildman–Crippen MR) is 99.2 cm³/mol. The number of halogens is 1. The maximum atomic E-state index is 12.1. The molecule has 0 saturated heterocycles. The van der Waals surface area contributed by atoms with E-state index in [0.29, 0.717) is 6.42 Å². The van der Waals surface area contributed by atoms with Gasteiger partial charge in [-0.2, -0.15) is 4.58 Å². The van der Waals surface area contributed by atoms with E-state index in [0.717, 1.165) is 18.7 Å². The molecule has 1 amide bonds. The number of para-hydroxylation sites is 2. The number of benzene rings is 2. The number of nitrogens with one attached hydrogen (secondary N) is 1. The first-order valence-electron chi connectivity index (χ1n) is 8.56. The van der Waals surface area contributed by atoms with Crippen molar-refractivity contribution < 1.29 is 26.4 Å². The average Bonchev–Trinajstić information content (AvgIpc) is 2.77. The molecule has 3 rings (SSSR count). The summed E-state index contributed by atoms with van der Waals surface area (Å²) in [7, 11) is 0. The number of rotatable bonds is 5. The van der Waals surface area contributed by atoms with E-state index in [9.17, 15) is 4.79 Å². The molecule has 1 heterocycles. The van der Waals surface area contributed by atoms with Crippen LogP contribution in [-0.2, 0) is 10.2 Å². The fourth-order valence-corrected chi connectivity index (χ4v) is 3.38. The van der Waals surface area contributed by atoms with Crippen LogP contribution < -0.4 is 22.3 Å². The van der Waals surface area contributed by atoms with Crippen molar-refractivity contribution >= 4 is 23.0 Å². The van der Waals surface area contributed by atoms with E-state index in [-0.39, 0.29) is 28.3 Å². The van der Waals surface area contributed by atoms with Gasteiger partial charge in [-0.05, 0) is 26.0 Å². The number of carbonyl (C=O) groups is 1. The Bertz CT molecular complexity index is 781. The van der Waals surface area contributed by atoms with Crippen LogP contribution >= 0.6 is 0 Å². The second-order valence-corrected chi connectivity index (χ2v) is 6.90. The van der Waals surface area contributed by atoms with Crippen molar-refractivity contribution in [2.75, 3.05) is 11.9 Å². The van der Waals surface area contributed by atoms with Crippen LogP contribution in [0.2, 0.25) is 0 Å². The van der Waals surface area contributed by atoms with Gasteiger partial charge in [0.2, 0.25) is 11.6 Å². The van der Waals surface area contributed by atoms with Crippen LogP contribution in [0.1, 0.15) is 39.2 Å². The highest BCUT2D eigenvalue weighted by Gasteiger charge is 2.42. The van der Waals surface area contributed by atoms with Crippen LogP contribution in [0.3, 0.4) is 0 Å². The van der Waals surface area contributed by atoms with Crippen molar-refractivity contribution in [2.45, 2.75) is 39.0 Å². The summed E-state index contributed by atoms with van der Waals surface area (Å²) in [5, 5.41) is 2.95. The molecule has 1 aliphatic heterocycles. The summed E-state index contributed by atoms with van der Waals surface area (Å²) >= 11 is 0. The molecule has 1 aliphatic rings. The molecule has 0 aliphatic carbocycles. The van der Waals surface area contributed by atoms with Gasteiger partial charge in [-0.1, -0.05) is 36.4 Å². The van der Waals surface area contributed by atoms with Gasteiger partial charge in [0.25, 0.3) is 0 Å². The van der Waals surface area contributed by atoms with Gasteiger partial charge in [-0.15, -0.1) is 0 Å². The molecule has 132 valence electrons. The lowest BCUT2D eigenvalue weighted by molar-refractivity contribution is -0.439. The maximum Gasteiger partial charge on any atom is 0.224 e. The Balaban J connectivity index is 0.00000225. The van der Waals surface area contributed by atoms with Gasteiger partial charge in [0.1, 0.15) is 6.54 Å². The molecule has 0 fully saturated rings. The highest BCUT2D eigenvalue weighted by atomic mass is 79.9. The molecule has 0 atom stereocenters. The third kappa shape index (κ3) is 4.01. The average molecular weight is 401 g/mol. The SMILES string of the molecule is CC1=[N+](CCCC(=O)Nc2ccccc2)c2ccccc2C1(C)C.[Br-]. The van der Waals surface area contributed by atoms with Crippen molar-refractivity contribution in [2.24, 2.45) is 0 Å². The number of anilines is 1. The van der Waals surface area contributed by atoms with E-state index in [2.05, 4.69) is 54.9 Å². The van der Waals surface area contributed by atoms with E-state index >= 15 is 0 Å². The standard InChI is InChI=1S/C21H24N2O.BrH/c1-16-21(2,3)18-12-7-8-13-19(18)23(16)15-9-14-20(24)22-17-10-5-4-6-11-17;/h4-8,10-13H,9,14-15H2,1-3H3;1H. The number of hydrogen-bond donors (Lipinski definition) is 1. The lowest BCUT2D eigenvalue weighted by Crippen LogP contribution is -3.00. The zero-order valence-corrected chi connectivity index (χ0v) is 16.6. The summed E-state index contributed by atoms with van der Waals surface area (Å²) < 4.78 is 2.37. The smallest absolute Gasteiger partial charge is 0.224 e. The third-order valence-corrected chi connectivity index (χ3v) is 5.02. The van der Waals surface area contributed by atoms with Crippen molar-refractivity contribution in [3.63, 3.8) is 0 Å². The number of nitrogens with zero attached hydrogens (tertiary/aromatic N) is 1. The zero-order chi connectivity index (χ0) is 17.2. The summed E-state index contributed by atoms with van der Waals surface area (Å²) in [5.41, 5.74) is 4.92. The van der Waals surface area contributed by atoms with E-state index in [1.54, 1.807) is 0 Å². The Kier molecular flexibility index (Phi) is 6.17. The first-order chi connectivity index (χ1) is 11.5. The van der Waals surface area contributed by atoms with E-state index in [4.69, 9.17) is 0 Å². The molecule has 2 aromatic rings. The topological polar surface area (TPSA) is 32.1 Å². The number of hydrogen-bond acceptors (Lipinski definition) is 1. The van der Waals surface area contributed by atoms with Crippen molar-refractivity contribution in [3.8, 4) is 0 Å². The minimum absolute atomic E-state index is 0.